The smallest absolute Gasteiger partial charge is 0.0212 e. The molecule has 0 spiro atoms. The second-order valence-electron chi connectivity index (χ2n) is 6.14. The molecule has 19 heavy (non-hydrogen) atoms. The molecule has 1 heterocycles. The lowest BCUT2D eigenvalue weighted by molar-refractivity contribution is 0.441. The molecule has 2 aliphatic rings. The van der Waals surface area contributed by atoms with E-state index in [2.05, 4.69) is 39.4 Å². The number of rotatable bonds is 2. The van der Waals surface area contributed by atoms with Gasteiger partial charge in [0.1, 0.15) is 0 Å². The van der Waals surface area contributed by atoms with Gasteiger partial charge in [0.25, 0.3) is 0 Å². The molecule has 2 heteroatoms. The quantitative estimate of drug-likeness (QED) is 0.811. The maximum absolute atomic E-state index is 3.83. The van der Waals surface area contributed by atoms with E-state index in [4.69, 9.17) is 0 Å². The van der Waals surface area contributed by atoms with Gasteiger partial charge in [0.15, 0.2) is 0 Å². The highest BCUT2D eigenvalue weighted by Crippen LogP contribution is 2.38. The SMILES string of the molecule is Brc1cc(C2CCNCC2)ccc1C1CCCCC1. The molecule has 3 rings (SSSR count). The Morgan fingerprint density at radius 2 is 1.63 bits per heavy atom. The minimum Gasteiger partial charge on any atom is -0.317 e. The van der Waals surface area contributed by atoms with Crippen molar-refractivity contribution in [1.29, 1.82) is 0 Å². The van der Waals surface area contributed by atoms with Crippen molar-refractivity contribution in [1.82, 2.24) is 5.32 Å². The highest BCUT2D eigenvalue weighted by molar-refractivity contribution is 9.10. The predicted octanol–water partition coefficient (Wildman–Crippen LogP) is 4.96. The summed E-state index contributed by atoms with van der Waals surface area (Å²) >= 11 is 3.83. The molecule has 1 aliphatic heterocycles. The van der Waals surface area contributed by atoms with Crippen molar-refractivity contribution in [3.05, 3.63) is 33.8 Å². The van der Waals surface area contributed by atoms with Crippen LogP contribution in [-0.2, 0) is 0 Å². The van der Waals surface area contributed by atoms with Crippen LogP contribution in [0.15, 0.2) is 22.7 Å². The third kappa shape index (κ3) is 3.22. The van der Waals surface area contributed by atoms with Crippen LogP contribution in [0.1, 0.15) is 67.9 Å². The Kier molecular flexibility index (Phi) is 4.60. The molecule has 1 aromatic rings. The maximum Gasteiger partial charge on any atom is 0.0212 e. The maximum atomic E-state index is 3.83. The first-order chi connectivity index (χ1) is 9.34. The Balaban J connectivity index is 1.76. The zero-order valence-electron chi connectivity index (χ0n) is 11.6. The standard InChI is InChI=1S/C17H24BrN/c18-17-12-15(13-8-10-19-11-9-13)6-7-16(17)14-4-2-1-3-5-14/h6-7,12-14,19H,1-5,8-11H2. The zero-order valence-corrected chi connectivity index (χ0v) is 13.2. The zero-order chi connectivity index (χ0) is 13.1. The van der Waals surface area contributed by atoms with Gasteiger partial charge in [-0.25, -0.2) is 0 Å². The van der Waals surface area contributed by atoms with Crippen molar-refractivity contribution in [3.63, 3.8) is 0 Å². The van der Waals surface area contributed by atoms with E-state index in [9.17, 15) is 0 Å². The number of halogens is 1. The Hall–Kier alpha value is -0.340. The summed E-state index contributed by atoms with van der Waals surface area (Å²) < 4.78 is 1.36. The molecule has 104 valence electrons. The molecule has 0 amide bonds. The molecule has 0 bridgehead atoms. The topological polar surface area (TPSA) is 12.0 Å². The van der Waals surface area contributed by atoms with Crippen LogP contribution in [-0.4, -0.2) is 13.1 Å². The van der Waals surface area contributed by atoms with Crippen LogP contribution in [0.3, 0.4) is 0 Å². The fourth-order valence-corrected chi connectivity index (χ4v) is 4.42. The van der Waals surface area contributed by atoms with Crippen molar-refractivity contribution in [2.24, 2.45) is 0 Å². The van der Waals surface area contributed by atoms with Gasteiger partial charge in [-0.05, 0) is 67.8 Å². The first-order valence-corrected chi connectivity index (χ1v) is 8.64. The number of hydrogen-bond donors (Lipinski definition) is 1. The van der Waals surface area contributed by atoms with Crippen molar-refractivity contribution in [2.45, 2.75) is 56.8 Å². The van der Waals surface area contributed by atoms with E-state index in [-0.39, 0.29) is 0 Å². The van der Waals surface area contributed by atoms with E-state index in [1.165, 1.54) is 68.1 Å². The molecule has 1 saturated carbocycles. The van der Waals surface area contributed by atoms with Crippen molar-refractivity contribution in [2.75, 3.05) is 13.1 Å². The Labute approximate surface area is 125 Å². The minimum atomic E-state index is 0.762. The van der Waals surface area contributed by atoms with Crippen LogP contribution in [0, 0.1) is 0 Å². The third-order valence-electron chi connectivity index (χ3n) is 4.88. The summed E-state index contributed by atoms with van der Waals surface area (Å²) in [6.07, 6.45) is 9.59. The summed E-state index contributed by atoms with van der Waals surface area (Å²) in [5, 5.41) is 3.45. The summed E-state index contributed by atoms with van der Waals surface area (Å²) in [7, 11) is 0. The van der Waals surface area contributed by atoms with E-state index >= 15 is 0 Å². The molecule has 0 radical (unpaired) electrons. The van der Waals surface area contributed by atoms with E-state index < -0.39 is 0 Å². The minimum absolute atomic E-state index is 0.762. The second-order valence-corrected chi connectivity index (χ2v) is 6.99. The Bertz CT molecular complexity index is 417. The molecule has 1 aromatic carbocycles. The molecule has 1 N–H and O–H groups in total. The third-order valence-corrected chi connectivity index (χ3v) is 5.57. The fourth-order valence-electron chi connectivity index (χ4n) is 3.70. The fraction of sp³-hybridized carbons (Fsp3) is 0.647. The van der Waals surface area contributed by atoms with Gasteiger partial charge >= 0.3 is 0 Å². The van der Waals surface area contributed by atoms with Crippen molar-refractivity contribution in [3.8, 4) is 0 Å². The van der Waals surface area contributed by atoms with E-state index in [0.29, 0.717) is 0 Å². The van der Waals surface area contributed by atoms with Crippen molar-refractivity contribution >= 4 is 15.9 Å². The van der Waals surface area contributed by atoms with Gasteiger partial charge in [-0.3, -0.25) is 0 Å². The number of hydrogen-bond acceptors (Lipinski definition) is 1. The molecule has 1 saturated heterocycles. The van der Waals surface area contributed by atoms with Gasteiger partial charge in [-0.2, -0.15) is 0 Å². The van der Waals surface area contributed by atoms with Crippen molar-refractivity contribution < 1.29 is 0 Å². The summed E-state index contributed by atoms with van der Waals surface area (Å²) in [5.41, 5.74) is 3.09. The monoisotopic (exact) mass is 321 g/mol. The first-order valence-electron chi connectivity index (χ1n) is 7.84. The van der Waals surface area contributed by atoms with Crippen LogP contribution in [0.5, 0.6) is 0 Å². The van der Waals surface area contributed by atoms with Gasteiger partial charge in [0.2, 0.25) is 0 Å². The predicted molar refractivity (Wildman–Crippen MR) is 84.8 cm³/mol. The summed E-state index contributed by atoms with van der Waals surface area (Å²) in [4.78, 5) is 0. The largest absolute Gasteiger partial charge is 0.317 e. The molecule has 0 atom stereocenters. The molecule has 2 fully saturated rings. The van der Waals surface area contributed by atoms with Gasteiger partial charge < -0.3 is 5.32 Å². The molecule has 0 aromatic heterocycles. The molecule has 0 unspecified atom stereocenters. The molecular formula is C17H24BrN. The molecule has 1 nitrogen and oxygen atoms in total. The molecular weight excluding hydrogens is 298 g/mol. The average Bonchev–Trinajstić information content (AvgIpc) is 2.49. The van der Waals surface area contributed by atoms with Crippen LogP contribution in [0.4, 0.5) is 0 Å². The summed E-state index contributed by atoms with van der Waals surface area (Å²) in [6, 6.07) is 7.20. The van der Waals surface area contributed by atoms with E-state index in [0.717, 1.165) is 11.8 Å². The number of piperidine rings is 1. The Morgan fingerprint density at radius 3 is 2.32 bits per heavy atom. The van der Waals surface area contributed by atoms with Gasteiger partial charge in [-0.1, -0.05) is 47.3 Å². The lowest BCUT2D eigenvalue weighted by Crippen LogP contribution is -2.26. The second kappa shape index (κ2) is 6.41. The van der Waals surface area contributed by atoms with Crippen LogP contribution in [0.25, 0.3) is 0 Å². The van der Waals surface area contributed by atoms with Gasteiger partial charge in [0.05, 0.1) is 0 Å². The van der Waals surface area contributed by atoms with Gasteiger partial charge in [-0.15, -0.1) is 0 Å². The Morgan fingerprint density at radius 1 is 0.895 bits per heavy atom. The van der Waals surface area contributed by atoms with E-state index in [1.807, 2.05) is 0 Å². The highest BCUT2D eigenvalue weighted by Gasteiger charge is 2.20. The van der Waals surface area contributed by atoms with Crippen LogP contribution >= 0.6 is 15.9 Å². The highest BCUT2D eigenvalue weighted by atomic mass is 79.9. The number of nitrogens with one attached hydrogen (secondary N) is 1. The first kappa shape index (κ1) is 13.6. The van der Waals surface area contributed by atoms with Crippen LogP contribution < -0.4 is 5.32 Å². The summed E-state index contributed by atoms with van der Waals surface area (Å²) in [5.74, 6) is 1.56. The lowest BCUT2D eigenvalue weighted by atomic mass is 9.82. The van der Waals surface area contributed by atoms with E-state index in [1.54, 1.807) is 5.56 Å². The van der Waals surface area contributed by atoms with Gasteiger partial charge in [0, 0.05) is 4.47 Å². The summed E-state index contributed by atoms with van der Waals surface area (Å²) in [6.45, 7) is 2.35. The molecule has 1 aliphatic carbocycles. The average molecular weight is 322 g/mol. The number of benzene rings is 1. The normalized spacial score (nSPS) is 22.6. The van der Waals surface area contributed by atoms with Crippen LogP contribution in [0.2, 0.25) is 0 Å². The lowest BCUT2D eigenvalue weighted by Gasteiger charge is -2.26.